The largest absolute Gasteiger partial charge is 0.416 e. The third-order valence-corrected chi connectivity index (χ3v) is 8.05. The first-order valence-corrected chi connectivity index (χ1v) is 14.5. The van der Waals surface area contributed by atoms with Crippen LogP contribution in [0.1, 0.15) is 67.8 Å². The quantitative estimate of drug-likeness (QED) is 0.200. The van der Waals surface area contributed by atoms with Crippen molar-refractivity contribution in [1.82, 2.24) is 35.0 Å². The normalized spacial score (nSPS) is 14.3. The molecule has 0 N–H and O–H groups in total. The van der Waals surface area contributed by atoms with Gasteiger partial charge in [0.05, 0.1) is 18.3 Å². The number of nitrogens with zero attached hydrogens (tertiary/aromatic N) is 9. The van der Waals surface area contributed by atoms with E-state index in [0.29, 0.717) is 6.07 Å². The summed E-state index contributed by atoms with van der Waals surface area (Å²) in [6.45, 7) is 5.72. The molecule has 9 nitrogen and oxygen atoms in total. The Labute approximate surface area is 242 Å². The summed E-state index contributed by atoms with van der Waals surface area (Å²) in [5.41, 5.74) is 1.53. The maximum atomic E-state index is 14.3. The van der Waals surface area contributed by atoms with Crippen LogP contribution in [0.25, 0.3) is 11.0 Å². The van der Waals surface area contributed by atoms with Gasteiger partial charge in [-0.2, -0.15) is 23.1 Å². The lowest BCUT2D eigenvalue weighted by molar-refractivity contribution is -0.137. The minimum atomic E-state index is -4.67. The number of aromatic nitrogens is 7. The minimum Gasteiger partial charge on any atom is -0.357 e. The maximum Gasteiger partial charge on any atom is 0.416 e. The van der Waals surface area contributed by atoms with Gasteiger partial charge < -0.3 is 9.80 Å². The lowest BCUT2D eigenvalue weighted by Gasteiger charge is -2.28. The average molecular weight is 588 g/mol. The molecule has 0 atom stereocenters. The topological polar surface area (TPSA) is 80.8 Å². The molecule has 1 fully saturated rings. The molecule has 0 aliphatic heterocycles. The summed E-state index contributed by atoms with van der Waals surface area (Å²) in [6, 6.07) is 4.60. The van der Waals surface area contributed by atoms with Crippen molar-refractivity contribution in [2.45, 2.75) is 71.6 Å². The van der Waals surface area contributed by atoms with Gasteiger partial charge in [-0.15, -0.1) is 5.10 Å². The van der Waals surface area contributed by atoms with Crippen LogP contribution < -0.4 is 9.80 Å². The summed E-state index contributed by atoms with van der Waals surface area (Å²) in [5, 5.41) is 17.8. The van der Waals surface area contributed by atoms with Gasteiger partial charge in [0.2, 0.25) is 0 Å². The van der Waals surface area contributed by atoms with Crippen LogP contribution in [0.3, 0.4) is 0 Å². The summed E-state index contributed by atoms with van der Waals surface area (Å²) >= 11 is 0. The van der Waals surface area contributed by atoms with Crippen LogP contribution in [-0.4, -0.2) is 48.1 Å². The van der Waals surface area contributed by atoms with Gasteiger partial charge in [-0.3, -0.25) is 4.68 Å². The maximum absolute atomic E-state index is 14.3. The van der Waals surface area contributed by atoms with E-state index in [-0.39, 0.29) is 24.6 Å². The zero-order valence-corrected chi connectivity index (χ0v) is 24.5. The van der Waals surface area contributed by atoms with E-state index in [2.05, 4.69) is 32.3 Å². The highest BCUT2D eigenvalue weighted by atomic mass is 19.4. The minimum absolute atomic E-state index is 0.0656. The highest BCUT2D eigenvalue weighted by molar-refractivity contribution is 5.81. The highest BCUT2D eigenvalue weighted by Crippen LogP contribution is 2.33. The molecule has 5 rings (SSSR count). The van der Waals surface area contributed by atoms with E-state index in [1.807, 2.05) is 20.0 Å². The standard InChI is InChI=1S/C29H37F4N9/c1-5-41(12-8-11-20-9-6-7-10-20)26-22(15-25-19(2)36-39(3)27(25)34-26)18-42(28-35-38-40(4)37-28)17-21-13-23(29(31,32)33)16-24(30)14-21/h13-16,20H,5-12,17-18H2,1-4H3. The van der Waals surface area contributed by atoms with Gasteiger partial charge in [0.25, 0.3) is 5.95 Å². The summed E-state index contributed by atoms with van der Waals surface area (Å²) in [4.78, 5) is 10.3. The van der Waals surface area contributed by atoms with Crippen LogP contribution >= 0.6 is 0 Å². The smallest absolute Gasteiger partial charge is 0.357 e. The summed E-state index contributed by atoms with van der Waals surface area (Å²) in [5.74, 6) is 0.822. The Hall–Kier alpha value is -3.77. The molecular weight excluding hydrogens is 550 g/mol. The molecule has 0 spiro atoms. The molecule has 1 aliphatic rings. The van der Waals surface area contributed by atoms with Crippen molar-refractivity contribution in [3.8, 4) is 0 Å². The molecule has 0 saturated heterocycles. The first-order chi connectivity index (χ1) is 20.0. The van der Waals surface area contributed by atoms with Crippen LogP contribution in [0.15, 0.2) is 24.3 Å². The zero-order valence-electron chi connectivity index (χ0n) is 24.5. The predicted octanol–water partition coefficient (Wildman–Crippen LogP) is 5.96. The van der Waals surface area contributed by atoms with Gasteiger partial charge in [-0.05, 0) is 67.6 Å². The number of benzene rings is 1. The second-order valence-electron chi connectivity index (χ2n) is 11.2. The van der Waals surface area contributed by atoms with E-state index < -0.39 is 17.6 Å². The van der Waals surface area contributed by atoms with Crippen molar-refractivity contribution in [3.05, 3.63) is 52.5 Å². The SMILES string of the molecule is CCN(CCCC1CCCC1)c1nc2c(cc1CN(Cc1cc(F)cc(C(F)(F)F)c1)c1nnn(C)n1)c(C)nn2C. The number of hydrogen-bond acceptors (Lipinski definition) is 7. The molecule has 1 saturated carbocycles. The fourth-order valence-electron chi connectivity index (χ4n) is 5.98. The van der Waals surface area contributed by atoms with Gasteiger partial charge in [0.15, 0.2) is 5.65 Å². The third kappa shape index (κ3) is 6.65. The van der Waals surface area contributed by atoms with Gasteiger partial charge in [0.1, 0.15) is 11.6 Å². The van der Waals surface area contributed by atoms with Crippen molar-refractivity contribution < 1.29 is 17.6 Å². The number of anilines is 2. The first-order valence-electron chi connectivity index (χ1n) is 14.5. The van der Waals surface area contributed by atoms with Crippen LogP contribution in [-0.2, 0) is 33.4 Å². The predicted molar refractivity (Wildman–Crippen MR) is 152 cm³/mol. The van der Waals surface area contributed by atoms with Gasteiger partial charge in [-0.25, -0.2) is 9.37 Å². The Morgan fingerprint density at radius 3 is 2.43 bits per heavy atom. The fourth-order valence-corrected chi connectivity index (χ4v) is 5.98. The highest BCUT2D eigenvalue weighted by Gasteiger charge is 2.32. The second-order valence-corrected chi connectivity index (χ2v) is 11.2. The average Bonchev–Trinajstić information content (AvgIpc) is 3.67. The summed E-state index contributed by atoms with van der Waals surface area (Å²) in [7, 11) is 3.47. The number of fused-ring (bicyclic) bond motifs is 1. The van der Waals surface area contributed by atoms with Crippen molar-refractivity contribution in [1.29, 1.82) is 0 Å². The van der Waals surface area contributed by atoms with Crippen LogP contribution in [0.2, 0.25) is 0 Å². The molecule has 0 amide bonds. The Bertz CT molecular complexity index is 1520. The molecule has 42 heavy (non-hydrogen) atoms. The fraction of sp³-hybridized carbons (Fsp3) is 0.552. The lowest BCUT2D eigenvalue weighted by atomic mass is 10.0. The van der Waals surface area contributed by atoms with Crippen molar-refractivity contribution in [3.63, 3.8) is 0 Å². The van der Waals surface area contributed by atoms with Crippen LogP contribution in [0.4, 0.5) is 29.3 Å². The molecule has 1 aromatic carbocycles. The van der Waals surface area contributed by atoms with E-state index in [1.54, 1.807) is 16.6 Å². The number of pyridine rings is 1. The number of aryl methyl sites for hydroxylation is 3. The Morgan fingerprint density at radius 2 is 1.76 bits per heavy atom. The number of rotatable bonds is 11. The van der Waals surface area contributed by atoms with E-state index in [9.17, 15) is 17.6 Å². The molecule has 0 radical (unpaired) electrons. The van der Waals surface area contributed by atoms with Crippen LogP contribution in [0, 0.1) is 18.7 Å². The third-order valence-electron chi connectivity index (χ3n) is 8.05. The molecule has 4 aromatic rings. The second kappa shape index (κ2) is 12.2. The summed E-state index contributed by atoms with van der Waals surface area (Å²) in [6.07, 6.45) is 2.76. The molecule has 3 heterocycles. The molecule has 13 heteroatoms. The van der Waals surface area contributed by atoms with Gasteiger partial charge in [-0.1, -0.05) is 30.8 Å². The molecule has 0 bridgehead atoms. The van der Waals surface area contributed by atoms with Crippen LogP contribution in [0.5, 0.6) is 0 Å². The van der Waals surface area contributed by atoms with E-state index in [0.717, 1.165) is 65.7 Å². The zero-order chi connectivity index (χ0) is 30.0. The Kier molecular flexibility index (Phi) is 8.65. The molecular formula is C29H37F4N9. The van der Waals surface area contributed by atoms with E-state index in [1.165, 1.54) is 36.9 Å². The van der Waals surface area contributed by atoms with E-state index in [4.69, 9.17) is 4.98 Å². The number of halogens is 4. The monoisotopic (exact) mass is 587 g/mol. The molecule has 1 aliphatic carbocycles. The Balaban J connectivity index is 1.51. The molecule has 0 unspecified atom stereocenters. The van der Waals surface area contributed by atoms with Crippen molar-refractivity contribution in [2.24, 2.45) is 20.0 Å². The number of alkyl halides is 3. The molecule has 3 aromatic heterocycles. The first kappa shape index (κ1) is 29.7. The van der Waals surface area contributed by atoms with Crippen molar-refractivity contribution in [2.75, 3.05) is 22.9 Å². The molecule has 226 valence electrons. The number of tetrazole rings is 1. The van der Waals surface area contributed by atoms with Gasteiger partial charge >= 0.3 is 6.18 Å². The lowest BCUT2D eigenvalue weighted by Crippen LogP contribution is -2.29. The number of hydrogen-bond donors (Lipinski definition) is 0. The Morgan fingerprint density at radius 1 is 1.00 bits per heavy atom. The van der Waals surface area contributed by atoms with Gasteiger partial charge in [0, 0.05) is 44.2 Å². The van der Waals surface area contributed by atoms with Crippen molar-refractivity contribution >= 4 is 22.8 Å². The summed E-state index contributed by atoms with van der Waals surface area (Å²) < 4.78 is 56.5. The van der Waals surface area contributed by atoms with E-state index >= 15 is 0 Å².